The first-order valence-electron chi connectivity index (χ1n) is 24.7. The minimum Gasteiger partial charge on any atom is -0.0680 e. The van der Waals surface area contributed by atoms with Gasteiger partial charge < -0.3 is 0 Å². The van der Waals surface area contributed by atoms with Gasteiger partial charge in [-0.2, -0.15) is 0 Å². The van der Waals surface area contributed by atoms with Gasteiger partial charge in [0, 0.05) is 17.3 Å². The number of rotatable bonds is 6. The molecule has 0 radical (unpaired) electrons. The normalized spacial score (nSPS) is 27.5. The van der Waals surface area contributed by atoms with Crippen molar-refractivity contribution in [3.05, 3.63) is 188 Å². The Labute approximate surface area is 382 Å². The van der Waals surface area contributed by atoms with Crippen molar-refractivity contribution in [2.45, 2.75) is 110 Å². The highest BCUT2D eigenvalue weighted by Crippen LogP contribution is 2.89. The molecule has 7 unspecified atom stereocenters. The second-order valence-electron chi connectivity index (χ2n) is 22.7. The Morgan fingerprint density at radius 1 is 0.500 bits per heavy atom. The third-order valence-corrected chi connectivity index (χ3v) is 19.5. The predicted octanol–water partition coefficient (Wildman–Crippen LogP) is 10.5. The molecule has 4 aliphatic carbocycles. The molecule has 14 rings (SSSR count). The highest BCUT2D eigenvalue weighted by Gasteiger charge is 2.84. The van der Waals surface area contributed by atoms with E-state index in [4.69, 9.17) is 0 Å². The first-order valence-corrected chi connectivity index (χ1v) is 24.7. The molecule has 0 amide bonds. The van der Waals surface area contributed by atoms with Crippen LogP contribution in [-0.2, 0) is 10.8 Å². The Balaban J connectivity index is 0.839. The molecule has 2 heteroatoms. The minimum atomic E-state index is 0.174. The van der Waals surface area contributed by atoms with E-state index in [1.165, 1.54) is 104 Å². The molecule has 3 heterocycles. The quantitative estimate of drug-likeness (QED) is 0.147. The van der Waals surface area contributed by atoms with Crippen molar-refractivity contribution in [2.24, 2.45) is 17.3 Å². The van der Waals surface area contributed by atoms with Crippen LogP contribution in [0.1, 0.15) is 125 Å². The van der Waals surface area contributed by atoms with Gasteiger partial charge in [0.05, 0.1) is 0 Å². The molecule has 2 bridgehead atoms. The highest BCUT2D eigenvalue weighted by molar-refractivity contribution is 7.01. The van der Waals surface area contributed by atoms with Crippen molar-refractivity contribution < 1.29 is 0 Å². The van der Waals surface area contributed by atoms with Gasteiger partial charge in [0.15, 0.2) is 0 Å². The molecule has 7 aromatic carbocycles. The maximum absolute atomic E-state index is 2.79. The van der Waals surface area contributed by atoms with Crippen LogP contribution in [0.3, 0.4) is 0 Å². The third-order valence-electron chi connectivity index (χ3n) is 19.5. The number of benzene rings is 7. The zero-order valence-electron chi connectivity index (χ0n) is 39.0. The zero-order valence-corrected chi connectivity index (χ0v) is 39.0. The second-order valence-corrected chi connectivity index (χ2v) is 22.7. The van der Waals surface area contributed by atoms with Crippen LogP contribution in [-0.4, -0.2) is 13.4 Å². The lowest BCUT2D eigenvalue weighted by Gasteiger charge is -2.49. The molecule has 1 spiro atoms. The van der Waals surface area contributed by atoms with Crippen molar-refractivity contribution in [2.75, 3.05) is 0 Å². The van der Waals surface area contributed by atoms with Crippen molar-refractivity contribution in [3.8, 4) is 22.3 Å². The van der Waals surface area contributed by atoms with E-state index in [0.29, 0.717) is 29.4 Å². The van der Waals surface area contributed by atoms with Gasteiger partial charge in [-0.05, 0) is 152 Å². The summed E-state index contributed by atoms with van der Waals surface area (Å²) in [6, 6.07) is 49.2. The van der Waals surface area contributed by atoms with Crippen LogP contribution in [0.4, 0.5) is 0 Å². The van der Waals surface area contributed by atoms with Crippen LogP contribution in [0.2, 0.25) is 0 Å². The summed E-state index contributed by atoms with van der Waals surface area (Å²) in [5, 5.41) is 0. The lowest BCUT2D eigenvalue weighted by Crippen LogP contribution is -2.59. The van der Waals surface area contributed by atoms with Crippen LogP contribution in [0.25, 0.3) is 22.3 Å². The van der Waals surface area contributed by atoms with E-state index >= 15 is 0 Å². The molecule has 0 nitrogen and oxygen atoms in total. The maximum atomic E-state index is 2.79. The van der Waals surface area contributed by atoms with Crippen molar-refractivity contribution >= 4 is 46.2 Å². The molecule has 4 saturated carbocycles. The van der Waals surface area contributed by atoms with Crippen LogP contribution < -0.4 is 32.8 Å². The summed E-state index contributed by atoms with van der Waals surface area (Å²) in [5.41, 5.74) is 33.8. The molecule has 64 heavy (non-hydrogen) atoms. The van der Waals surface area contributed by atoms with Crippen LogP contribution in [0, 0.1) is 58.8 Å². The second kappa shape index (κ2) is 12.5. The van der Waals surface area contributed by atoms with Gasteiger partial charge in [0.25, 0.3) is 0 Å². The van der Waals surface area contributed by atoms with E-state index in [1.54, 1.807) is 49.8 Å². The van der Waals surface area contributed by atoms with Crippen LogP contribution in [0.15, 0.2) is 121 Å². The Hall–Kier alpha value is -5.33. The van der Waals surface area contributed by atoms with Crippen LogP contribution in [0.5, 0.6) is 0 Å². The summed E-state index contributed by atoms with van der Waals surface area (Å²) in [4.78, 5) is 0. The van der Waals surface area contributed by atoms with Gasteiger partial charge in [-0.15, -0.1) is 0 Å². The highest BCUT2D eigenvalue weighted by atomic mass is 14.9. The maximum Gasteiger partial charge on any atom is 0.244 e. The van der Waals surface area contributed by atoms with E-state index in [1.807, 2.05) is 0 Å². The number of hydrogen-bond acceptors (Lipinski definition) is 0. The Bertz CT molecular complexity index is 3060. The topological polar surface area (TPSA) is 0 Å². The minimum absolute atomic E-state index is 0.174. The van der Waals surface area contributed by atoms with Gasteiger partial charge in [-0.25, -0.2) is 0 Å². The summed E-state index contributed by atoms with van der Waals surface area (Å²) in [5.74, 6) is 2.61. The molecular formula is C62H58B2. The zero-order chi connectivity index (χ0) is 43.3. The summed E-state index contributed by atoms with van der Waals surface area (Å²) < 4.78 is 0. The van der Waals surface area contributed by atoms with Crippen molar-refractivity contribution in [3.63, 3.8) is 0 Å². The number of hydrogen-bond donors (Lipinski definition) is 0. The van der Waals surface area contributed by atoms with Crippen LogP contribution >= 0.6 is 0 Å². The number of aryl methyl sites for hydroxylation is 6. The molecule has 4 fully saturated rings. The van der Waals surface area contributed by atoms with Gasteiger partial charge in [0.2, 0.25) is 13.4 Å². The fourth-order valence-corrected chi connectivity index (χ4v) is 17.2. The molecule has 0 aromatic heterocycles. The summed E-state index contributed by atoms with van der Waals surface area (Å²) in [7, 11) is 0. The molecule has 0 N–H and O–H groups in total. The standard InChI is InChI=1S/C62H58B2/c1-34-22-36(3)55(37(4)23-34)63(56-38(5)24-35(2)25-39(56)6)47-13-9-12-43(26-47)42-18-20-45(21-19-42)62-32-60(29-44-30-61(62,33-62)54(44)31-60)46-27-52-40(7)48-14-10-16-50-51-17-11-15-49-41(8)53(28-46)59(52)64(57(48)50)58(49)51/h9-28,40-41,44,54H,29-33H2,1-8H3. The fraction of sp³-hybridized carbons (Fsp3) is 0.323. The first kappa shape index (κ1) is 38.0. The lowest BCUT2D eigenvalue weighted by molar-refractivity contribution is 0.0415. The largest absolute Gasteiger partial charge is 0.244 e. The van der Waals surface area contributed by atoms with E-state index in [9.17, 15) is 0 Å². The van der Waals surface area contributed by atoms with Gasteiger partial charge in [0.1, 0.15) is 0 Å². The van der Waals surface area contributed by atoms with Crippen molar-refractivity contribution in [1.29, 1.82) is 0 Å². The Kier molecular flexibility index (Phi) is 7.43. The average molecular weight is 825 g/mol. The average Bonchev–Trinajstić information content (AvgIpc) is 3.79. The monoisotopic (exact) mass is 824 g/mol. The molecule has 7 aliphatic rings. The predicted molar refractivity (Wildman–Crippen MR) is 272 cm³/mol. The lowest BCUT2D eigenvalue weighted by atomic mass is 9.31. The summed E-state index contributed by atoms with van der Waals surface area (Å²) in [6.45, 7) is 19.4. The molecule has 7 atom stereocenters. The molecule has 0 saturated heterocycles. The Morgan fingerprint density at radius 3 is 1.64 bits per heavy atom. The summed E-state index contributed by atoms with van der Waals surface area (Å²) in [6.07, 6.45) is 6.94. The van der Waals surface area contributed by atoms with Crippen molar-refractivity contribution in [1.82, 2.24) is 0 Å². The van der Waals surface area contributed by atoms with E-state index in [2.05, 4.69) is 177 Å². The molecule has 7 aromatic rings. The van der Waals surface area contributed by atoms with E-state index < -0.39 is 0 Å². The number of fused-ring (bicyclic) bond motifs is 2. The van der Waals surface area contributed by atoms with Gasteiger partial charge in [-0.3, -0.25) is 0 Å². The SMILES string of the molecule is Cc1cc(C)c(B(c2cccc(-c3ccc(C45CC6(c7cc8c9c(c7)C(C)c7cccc%10c7B9c7c-%10cccc7C8C)CC7CC4(C5)C7C6)cc3)c2)c2c(C)cc(C)cc2C)c(C)c1. The molecule has 312 valence electrons. The molecule has 3 aliphatic heterocycles. The first-order chi connectivity index (χ1) is 30.9. The van der Waals surface area contributed by atoms with E-state index in [0.717, 1.165) is 11.8 Å². The third kappa shape index (κ3) is 4.63. The molecular weight excluding hydrogens is 766 g/mol. The smallest absolute Gasteiger partial charge is 0.0680 e. The Morgan fingerprint density at radius 2 is 1.06 bits per heavy atom. The fourth-order valence-electron chi connectivity index (χ4n) is 17.2. The van der Waals surface area contributed by atoms with E-state index in [-0.39, 0.29) is 12.1 Å². The van der Waals surface area contributed by atoms with Gasteiger partial charge in [-0.1, -0.05) is 201 Å². The summed E-state index contributed by atoms with van der Waals surface area (Å²) >= 11 is 0. The van der Waals surface area contributed by atoms with Gasteiger partial charge >= 0.3 is 0 Å².